The maximum absolute atomic E-state index is 11.7. The highest BCUT2D eigenvalue weighted by Crippen LogP contribution is 2.51. The quantitative estimate of drug-likeness (QED) is 0.770. The predicted octanol–water partition coefficient (Wildman–Crippen LogP) is 5.08. The molecule has 2 aliphatic rings. The fraction of sp³-hybridized carbons (Fsp3) is 0.318. The van der Waals surface area contributed by atoms with E-state index in [0.29, 0.717) is 11.5 Å². The summed E-state index contributed by atoms with van der Waals surface area (Å²) in [7, 11) is 0. The lowest BCUT2D eigenvalue weighted by Gasteiger charge is -2.39. The number of carbonyl (C=O) groups is 1. The summed E-state index contributed by atoms with van der Waals surface area (Å²) in [5.74, 6) is -0.319. The van der Waals surface area contributed by atoms with E-state index in [9.17, 15) is 9.90 Å². The molecule has 0 saturated carbocycles. The molecule has 3 heteroatoms. The molecule has 0 bridgehead atoms. The van der Waals surface area contributed by atoms with Crippen LogP contribution in [0.3, 0.4) is 0 Å². The van der Waals surface area contributed by atoms with Crippen molar-refractivity contribution in [3.63, 3.8) is 0 Å². The number of benzene rings is 2. The van der Waals surface area contributed by atoms with Crippen molar-refractivity contribution in [2.24, 2.45) is 5.92 Å². The van der Waals surface area contributed by atoms with Gasteiger partial charge in [-0.3, -0.25) is 0 Å². The number of hydrogen-bond donors (Lipinski definition) is 2. The van der Waals surface area contributed by atoms with E-state index >= 15 is 0 Å². The normalized spacial score (nSPS) is 23.7. The van der Waals surface area contributed by atoms with Crippen molar-refractivity contribution in [3.8, 4) is 0 Å². The van der Waals surface area contributed by atoms with E-state index in [4.69, 9.17) is 0 Å². The number of anilines is 1. The van der Waals surface area contributed by atoms with Crippen LogP contribution < -0.4 is 5.32 Å². The van der Waals surface area contributed by atoms with Crippen LogP contribution in [0.25, 0.3) is 0 Å². The summed E-state index contributed by atoms with van der Waals surface area (Å²) in [6.45, 7) is 4.21. The largest absolute Gasteiger partial charge is 0.478 e. The molecule has 0 amide bonds. The van der Waals surface area contributed by atoms with Gasteiger partial charge in [-0.25, -0.2) is 4.79 Å². The maximum atomic E-state index is 11.7. The molecule has 0 saturated heterocycles. The minimum absolute atomic E-state index is 0.165. The van der Waals surface area contributed by atoms with Gasteiger partial charge >= 0.3 is 5.97 Å². The third kappa shape index (κ3) is 2.55. The Bertz CT molecular complexity index is 851. The summed E-state index contributed by atoms with van der Waals surface area (Å²) in [5, 5.41) is 13.3. The first kappa shape index (κ1) is 15.9. The van der Waals surface area contributed by atoms with Gasteiger partial charge in [0.25, 0.3) is 0 Å². The molecule has 4 rings (SSSR count). The zero-order chi connectivity index (χ0) is 17.6. The van der Waals surface area contributed by atoms with Crippen molar-refractivity contribution in [1.29, 1.82) is 0 Å². The second kappa shape index (κ2) is 6.07. The SMILES string of the molecule is CCc1ccc([C@@H]2Nc3c(C)ccc(C(=O)O)c3[C@H]3C=CC[C@@H]32)cc1. The van der Waals surface area contributed by atoms with Gasteiger partial charge in [0.15, 0.2) is 0 Å². The number of carboxylic acid groups (broad SMARTS) is 1. The molecule has 0 unspecified atom stereocenters. The van der Waals surface area contributed by atoms with Crippen LogP contribution in [0.5, 0.6) is 0 Å². The lowest BCUT2D eigenvalue weighted by Crippen LogP contribution is -2.31. The number of allylic oxidation sites excluding steroid dienone is 2. The Morgan fingerprint density at radius 3 is 2.64 bits per heavy atom. The summed E-state index contributed by atoms with van der Waals surface area (Å²) < 4.78 is 0. The number of aryl methyl sites for hydroxylation is 2. The van der Waals surface area contributed by atoms with Gasteiger partial charge in [0.2, 0.25) is 0 Å². The zero-order valence-electron chi connectivity index (χ0n) is 14.6. The number of aromatic carboxylic acids is 1. The van der Waals surface area contributed by atoms with Crippen LogP contribution in [0.2, 0.25) is 0 Å². The third-order valence-corrected chi connectivity index (χ3v) is 5.71. The average molecular weight is 333 g/mol. The number of carboxylic acids is 1. The van der Waals surface area contributed by atoms with Gasteiger partial charge in [0.1, 0.15) is 0 Å². The lowest BCUT2D eigenvalue weighted by molar-refractivity contribution is 0.0695. The van der Waals surface area contributed by atoms with Crippen molar-refractivity contribution < 1.29 is 9.90 Å². The van der Waals surface area contributed by atoms with Crippen LogP contribution in [0.4, 0.5) is 5.69 Å². The summed E-state index contributed by atoms with van der Waals surface area (Å²) in [5.41, 5.74) is 6.10. The van der Waals surface area contributed by atoms with Crippen molar-refractivity contribution in [1.82, 2.24) is 0 Å². The standard InChI is InChI=1S/C22H23NO2/c1-3-14-8-10-15(11-9-14)21-17-6-4-5-16(17)19-18(22(24)25)12-7-13(2)20(19)23-21/h4-5,7-12,16-17,21,23H,3,6H2,1-2H3,(H,24,25)/t16-,17-,21-/m0/s1. The minimum Gasteiger partial charge on any atom is -0.478 e. The fourth-order valence-electron chi connectivity index (χ4n) is 4.33. The summed E-state index contributed by atoms with van der Waals surface area (Å²) in [4.78, 5) is 11.7. The van der Waals surface area contributed by atoms with E-state index in [2.05, 4.69) is 48.7 Å². The molecule has 1 aliphatic carbocycles. The van der Waals surface area contributed by atoms with Crippen LogP contribution in [0.1, 0.15) is 57.9 Å². The second-order valence-corrected chi connectivity index (χ2v) is 7.09. The van der Waals surface area contributed by atoms with Gasteiger partial charge in [-0.1, -0.05) is 49.4 Å². The Morgan fingerprint density at radius 1 is 1.20 bits per heavy atom. The van der Waals surface area contributed by atoms with E-state index in [0.717, 1.165) is 29.7 Å². The number of hydrogen-bond acceptors (Lipinski definition) is 2. The van der Waals surface area contributed by atoms with Gasteiger partial charge in [0.05, 0.1) is 11.6 Å². The summed E-state index contributed by atoms with van der Waals surface area (Å²) in [6.07, 6.45) is 6.41. The van der Waals surface area contributed by atoms with Crippen LogP contribution >= 0.6 is 0 Å². The first-order valence-corrected chi connectivity index (χ1v) is 8.99. The van der Waals surface area contributed by atoms with Crippen molar-refractivity contribution in [3.05, 3.63) is 76.4 Å². The second-order valence-electron chi connectivity index (χ2n) is 7.09. The molecule has 0 spiro atoms. The Kier molecular flexibility index (Phi) is 3.87. The zero-order valence-corrected chi connectivity index (χ0v) is 14.6. The van der Waals surface area contributed by atoms with Gasteiger partial charge in [-0.15, -0.1) is 0 Å². The van der Waals surface area contributed by atoms with Gasteiger partial charge in [-0.05, 0) is 54.0 Å². The molecular weight excluding hydrogens is 310 g/mol. The lowest BCUT2D eigenvalue weighted by atomic mass is 9.74. The fourth-order valence-corrected chi connectivity index (χ4v) is 4.33. The molecule has 2 aromatic carbocycles. The predicted molar refractivity (Wildman–Crippen MR) is 100 cm³/mol. The topological polar surface area (TPSA) is 49.3 Å². The molecule has 1 aliphatic heterocycles. The Hall–Kier alpha value is -2.55. The monoisotopic (exact) mass is 333 g/mol. The van der Waals surface area contributed by atoms with E-state index in [-0.39, 0.29) is 12.0 Å². The molecule has 2 aromatic rings. The molecule has 2 N–H and O–H groups in total. The number of fused-ring (bicyclic) bond motifs is 3. The molecule has 0 fully saturated rings. The van der Waals surface area contributed by atoms with Gasteiger partial charge in [0, 0.05) is 11.6 Å². The Balaban J connectivity index is 1.82. The first-order valence-electron chi connectivity index (χ1n) is 8.99. The van der Waals surface area contributed by atoms with E-state index in [1.165, 1.54) is 11.1 Å². The molecule has 128 valence electrons. The molecule has 3 atom stereocenters. The van der Waals surface area contributed by atoms with E-state index < -0.39 is 5.97 Å². The Labute approximate surface area is 148 Å². The highest BCUT2D eigenvalue weighted by atomic mass is 16.4. The smallest absolute Gasteiger partial charge is 0.336 e. The van der Waals surface area contributed by atoms with Crippen LogP contribution in [-0.2, 0) is 6.42 Å². The molecular formula is C22H23NO2. The van der Waals surface area contributed by atoms with E-state index in [1.807, 2.05) is 13.0 Å². The van der Waals surface area contributed by atoms with E-state index in [1.54, 1.807) is 6.07 Å². The van der Waals surface area contributed by atoms with Crippen LogP contribution in [-0.4, -0.2) is 11.1 Å². The average Bonchev–Trinajstić information content (AvgIpc) is 3.11. The van der Waals surface area contributed by atoms with Gasteiger partial charge < -0.3 is 10.4 Å². The summed E-state index contributed by atoms with van der Waals surface area (Å²) in [6, 6.07) is 12.7. The number of rotatable bonds is 3. The van der Waals surface area contributed by atoms with Crippen LogP contribution in [0, 0.1) is 12.8 Å². The van der Waals surface area contributed by atoms with Crippen LogP contribution in [0.15, 0.2) is 48.6 Å². The highest BCUT2D eigenvalue weighted by molar-refractivity contribution is 5.93. The molecule has 3 nitrogen and oxygen atoms in total. The van der Waals surface area contributed by atoms with Gasteiger partial charge in [-0.2, -0.15) is 0 Å². The van der Waals surface area contributed by atoms with Crippen molar-refractivity contribution in [2.75, 3.05) is 5.32 Å². The maximum Gasteiger partial charge on any atom is 0.336 e. The van der Waals surface area contributed by atoms with Crippen molar-refractivity contribution >= 4 is 11.7 Å². The molecule has 0 radical (unpaired) electrons. The van der Waals surface area contributed by atoms with Crippen molar-refractivity contribution in [2.45, 2.75) is 38.6 Å². The molecule has 1 heterocycles. The first-order chi connectivity index (χ1) is 12.1. The summed E-state index contributed by atoms with van der Waals surface area (Å²) >= 11 is 0. The molecule has 0 aromatic heterocycles. The molecule has 25 heavy (non-hydrogen) atoms. The number of nitrogens with one attached hydrogen (secondary N) is 1. The third-order valence-electron chi connectivity index (χ3n) is 5.71. The minimum atomic E-state index is -0.845. The Morgan fingerprint density at radius 2 is 1.96 bits per heavy atom. The highest BCUT2D eigenvalue weighted by Gasteiger charge is 2.40.